The van der Waals surface area contributed by atoms with Gasteiger partial charge in [0.05, 0.1) is 16.1 Å². The summed E-state index contributed by atoms with van der Waals surface area (Å²) in [7, 11) is 0. The van der Waals surface area contributed by atoms with E-state index in [-0.39, 0.29) is 0 Å². The van der Waals surface area contributed by atoms with Gasteiger partial charge in [0, 0.05) is 29.3 Å². The number of pyridine rings is 1. The number of thiophene rings is 1. The van der Waals surface area contributed by atoms with Crippen molar-refractivity contribution in [2.24, 2.45) is 11.7 Å². The molecular weight excluding hydrogens is 428 g/mol. The van der Waals surface area contributed by atoms with Crippen LogP contribution in [0.1, 0.15) is 37.4 Å². The molecule has 1 aliphatic carbocycles. The fourth-order valence-electron chi connectivity index (χ4n) is 5.06. The summed E-state index contributed by atoms with van der Waals surface area (Å²) < 4.78 is 2.14. The van der Waals surface area contributed by atoms with Crippen molar-refractivity contribution in [3.8, 4) is 21.8 Å². The lowest BCUT2D eigenvalue weighted by Gasteiger charge is -2.26. The summed E-state index contributed by atoms with van der Waals surface area (Å²) in [5.74, 6) is 2.61. The number of nitrogens with two attached hydrogens (primary N) is 2. The summed E-state index contributed by atoms with van der Waals surface area (Å²) in [6, 6.07) is 14.7. The van der Waals surface area contributed by atoms with Gasteiger partial charge in [-0.1, -0.05) is 24.3 Å². The van der Waals surface area contributed by atoms with Crippen LogP contribution in [0, 0.1) is 5.92 Å². The normalized spacial score (nSPS) is 18.8. The van der Waals surface area contributed by atoms with Crippen LogP contribution >= 0.6 is 11.3 Å². The molecule has 0 amide bonds. The molecule has 0 radical (unpaired) electrons. The maximum absolute atomic E-state index is 6.38. The Bertz CT molecular complexity index is 1430. The number of aromatic nitrogens is 4. The van der Waals surface area contributed by atoms with E-state index < -0.39 is 0 Å². The highest BCUT2D eigenvalue weighted by atomic mass is 32.1. The lowest BCUT2D eigenvalue weighted by atomic mass is 9.81. The zero-order valence-corrected chi connectivity index (χ0v) is 19.1. The average Bonchev–Trinajstić information content (AvgIpc) is 3.53. The van der Waals surface area contributed by atoms with Crippen LogP contribution in [-0.4, -0.2) is 25.9 Å². The number of nitrogen functional groups attached to an aromatic ring is 1. The molecule has 4 aromatic heterocycles. The topological polar surface area (TPSA) is 95.1 Å². The maximum atomic E-state index is 6.38. The van der Waals surface area contributed by atoms with Crippen molar-refractivity contribution in [1.82, 2.24) is 19.4 Å². The molecule has 4 N–H and O–H groups in total. The second kappa shape index (κ2) is 8.24. The first-order valence-electron chi connectivity index (χ1n) is 11.5. The van der Waals surface area contributed by atoms with Gasteiger partial charge in [-0.05, 0) is 61.7 Å². The van der Waals surface area contributed by atoms with Crippen molar-refractivity contribution in [2.75, 3.05) is 12.3 Å². The first kappa shape index (κ1) is 20.3. The number of benzene rings is 1. The minimum atomic E-state index is 0.403. The Morgan fingerprint density at radius 1 is 1.03 bits per heavy atom. The van der Waals surface area contributed by atoms with Gasteiger partial charge in [0.15, 0.2) is 0 Å². The van der Waals surface area contributed by atoms with E-state index in [0.717, 1.165) is 71.4 Å². The van der Waals surface area contributed by atoms with E-state index in [1.165, 1.54) is 4.88 Å². The third-order valence-electron chi connectivity index (χ3n) is 6.89. The Balaban J connectivity index is 1.47. The van der Waals surface area contributed by atoms with E-state index in [1.807, 2.05) is 6.20 Å². The van der Waals surface area contributed by atoms with Gasteiger partial charge in [-0.15, -0.1) is 11.3 Å². The summed E-state index contributed by atoms with van der Waals surface area (Å²) in [5, 5.41) is 3.18. The molecule has 1 fully saturated rings. The van der Waals surface area contributed by atoms with Crippen LogP contribution in [0.25, 0.3) is 38.2 Å². The number of imidazole rings is 1. The van der Waals surface area contributed by atoms with Crippen LogP contribution in [0.15, 0.2) is 60.2 Å². The zero-order chi connectivity index (χ0) is 22.4. The van der Waals surface area contributed by atoms with Crippen LogP contribution < -0.4 is 11.5 Å². The molecule has 0 spiro atoms. The highest BCUT2D eigenvalue weighted by Crippen LogP contribution is 2.38. The molecule has 166 valence electrons. The molecule has 4 heterocycles. The first-order valence-corrected chi connectivity index (χ1v) is 12.4. The maximum Gasteiger partial charge on any atom is 0.150 e. The van der Waals surface area contributed by atoms with Crippen LogP contribution in [0.4, 0.5) is 5.82 Å². The van der Waals surface area contributed by atoms with Gasteiger partial charge in [0.25, 0.3) is 0 Å². The molecule has 1 aliphatic rings. The third kappa shape index (κ3) is 3.57. The van der Waals surface area contributed by atoms with Crippen molar-refractivity contribution < 1.29 is 0 Å². The van der Waals surface area contributed by atoms with Crippen LogP contribution in [-0.2, 0) is 0 Å². The number of hydrogen-bond acceptors (Lipinski definition) is 6. The molecule has 33 heavy (non-hydrogen) atoms. The minimum absolute atomic E-state index is 0.403. The monoisotopic (exact) mass is 454 g/mol. The molecule has 6 rings (SSSR count). The summed E-state index contributed by atoms with van der Waals surface area (Å²) in [5.41, 5.74) is 17.0. The van der Waals surface area contributed by atoms with Crippen LogP contribution in [0.2, 0.25) is 0 Å². The molecule has 0 atom stereocenters. The molecule has 7 heteroatoms. The largest absolute Gasteiger partial charge is 0.382 e. The van der Waals surface area contributed by atoms with E-state index in [1.54, 1.807) is 17.5 Å². The number of anilines is 1. The van der Waals surface area contributed by atoms with Gasteiger partial charge >= 0.3 is 0 Å². The lowest BCUT2D eigenvalue weighted by molar-refractivity contribution is 0.325. The fraction of sp³-hybridized carbons (Fsp3) is 0.269. The summed E-state index contributed by atoms with van der Waals surface area (Å²) >= 11 is 1.70. The summed E-state index contributed by atoms with van der Waals surface area (Å²) in [6.07, 6.45) is 8.26. The van der Waals surface area contributed by atoms with Crippen molar-refractivity contribution in [1.29, 1.82) is 0 Å². The Morgan fingerprint density at radius 2 is 1.88 bits per heavy atom. The Morgan fingerprint density at radius 3 is 2.67 bits per heavy atom. The lowest BCUT2D eigenvalue weighted by Crippen LogP contribution is -2.21. The Hall–Kier alpha value is -3.29. The van der Waals surface area contributed by atoms with Gasteiger partial charge < -0.3 is 11.5 Å². The number of hydrogen-bond donors (Lipinski definition) is 2. The molecule has 5 aromatic rings. The Kier molecular flexibility index (Phi) is 5.08. The number of fused-ring (bicyclic) bond motifs is 2. The highest BCUT2D eigenvalue weighted by molar-refractivity contribution is 7.13. The number of rotatable bonds is 4. The molecule has 0 aliphatic heterocycles. The second-order valence-corrected chi connectivity index (χ2v) is 9.83. The SMILES string of the molecule is NCC1CCC(c2nc(-c3ccc4ccc(-c5cccs5)nc4c3)c3c(N)nccn23)CC1. The fourth-order valence-corrected chi connectivity index (χ4v) is 5.75. The number of nitrogens with zero attached hydrogens (tertiary/aromatic N) is 4. The predicted octanol–water partition coefficient (Wildman–Crippen LogP) is 5.49. The van der Waals surface area contributed by atoms with E-state index in [4.69, 9.17) is 21.4 Å². The van der Waals surface area contributed by atoms with Gasteiger partial charge in [-0.2, -0.15) is 0 Å². The molecular formula is C26H26N6S. The molecule has 1 saturated carbocycles. The summed E-state index contributed by atoms with van der Waals surface area (Å²) in [6.45, 7) is 0.773. The van der Waals surface area contributed by atoms with Crippen LogP contribution in [0.3, 0.4) is 0 Å². The van der Waals surface area contributed by atoms with Crippen molar-refractivity contribution in [3.05, 3.63) is 66.1 Å². The highest BCUT2D eigenvalue weighted by Gasteiger charge is 2.27. The third-order valence-corrected chi connectivity index (χ3v) is 7.79. The Labute approximate surface area is 196 Å². The second-order valence-electron chi connectivity index (χ2n) is 8.88. The summed E-state index contributed by atoms with van der Waals surface area (Å²) in [4.78, 5) is 15.6. The minimum Gasteiger partial charge on any atom is -0.382 e. The first-order chi connectivity index (χ1) is 16.2. The van der Waals surface area contributed by atoms with Crippen molar-refractivity contribution >= 4 is 33.6 Å². The van der Waals surface area contributed by atoms with E-state index >= 15 is 0 Å². The van der Waals surface area contributed by atoms with Crippen molar-refractivity contribution in [3.63, 3.8) is 0 Å². The predicted molar refractivity (Wildman–Crippen MR) is 135 cm³/mol. The molecule has 1 aromatic carbocycles. The van der Waals surface area contributed by atoms with Crippen LogP contribution in [0.5, 0.6) is 0 Å². The standard InChI is InChI=1S/C26H26N6S/c27-15-16-3-5-18(6-4-16)26-31-23(24-25(28)29-11-12-32(24)26)19-8-7-17-9-10-20(30-21(17)14-19)22-2-1-13-33-22/h1-2,7-14,16,18H,3-6,15,27H2,(H2,28,29). The molecule has 0 saturated heterocycles. The van der Waals surface area contributed by atoms with E-state index in [2.05, 4.69) is 57.2 Å². The van der Waals surface area contributed by atoms with Gasteiger partial charge in [0.2, 0.25) is 0 Å². The quantitative estimate of drug-likeness (QED) is 0.374. The average molecular weight is 455 g/mol. The van der Waals surface area contributed by atoms with Crippen molar-refractivity contribution in [2.45, 2.75) is 31.6 Å². The molecule has 0 unspecified atom stereocenters. The van der Waals surface area contributed by atoms with E-state index in [0.29, 0.717) is 17.7 Å². The van der Waals surface area contributed by atoms with Gasteiger partial charge in [-0.3, -0.25) is 4.40 Å². The smallest absolute Gasteiger partial charge is 0.150 e. The van der Waals surface area contributed by atoms with Gasteiger partial charge in [-0.25, -0.2) is 15.0 Å². The van der Waals surface area contributed by atoms with E-state index in [9.17, 15) is 0 Å². The molecule has 6 nitrogen and oxygen atoms in total. The zero-order valence-electron chi connectivity index (χ0n) is 18.3. The molecule has 0 bridgehead atoms. The van der Waals surface area contributed by atoms with Gasteiger partial charge in [0.1, 0.15) is 22.9 Å².